The second-order valence-corrected chi connectivity index (χ2v) is 6.16. The van der Waals surface area contributed by atoms with Crippen LogP contribution in [-0.2, 0) is 4.74 Å². The monoisotopic (exact) mass is 244 g/mol. The zero-order valence-corrected chi connectivity index (χ0v) is 12.4. The maximum absolute atomic E-state index is 12.1. The summed E-state index contributed by atoms with van der Waals surface area (Å²) in [4.78, 5) is 13.8. The lowest BCUT2D eigenvalue weighted by molar-refractivity contribution is 0.00668. The highest BCUT2D eigenvalue weighted by Gasteiger charge is 2.29. The zero-order chi connectivity index (χ0) is 13.7. The van der Waals surface area contributed by atoms with Crippen molar-refractivity contribution in [3.63, 3.8) is 0 Å². The Balaban J connectivity index is 4.53. The molecule has 0 radical (unpaired) electrons. The molecule has 0 aliphatic heterocycles. The second kappa shape index (κ2) is 6.24. The summed E-state index contributed by atoms with van der Waals surface area (Å²) in [5, 5.41) is 3.22. The molecule has 0 aromatic heterocycles. The van der Waals surface area contributed by atoms with Gasteiger partial charge in [-0.2, -0.15) is 0 Å². The molecule has 0 unspecified atom stereocenters. The Hall–Kier alpha value is -0.770. The highest BCUT2D eigenvalue weighted by Crippen LogP contribution is 2.17. The first kappa shape index (κ1) is 16.2. The van der Waals surface area contributed by atoms with E-state index in [0.29, 0.717) is 6.54 Å². The Morgan fingerprint density at radius 1 is 1.18 bits per heavy atom. The topological polar surface area (TPSA) is 41.6 Å². The predicted molar refractivity (Wildman–Crippen MR) is 71.2 cm³/mol. The van der Waals surface area contributed by atoms with E-state index in [-0.39, 0.29) is 11.6 Å². The summed E-state index contributed by atoms with van der Waals surface area (Å²) in [6, 6.07) is 0. The Morgan fingerprint density at radius 2 is 1.71 bits per heavy atom. The summed E-state index contributed by atoms with van der Waals surface area (Å²) in [5.74, 6) is 0. The molecule has 1 amide bonds. The number of ether oxygens (including phenoxy) is 1. The normalized spacial score (nSPS) is 12.4. The van der Waals surface area contributed by atoms with Gasteiger partial charge in [-0.1, -0.05) is 6.92 Å². The molecule has 102 valence electrons. The fraction of sp³-hybridized carbons (Fsp3) is 0.923. The van der Waals surface area contributed by atoms with Crippen LogP contribution in [0.1, 0.15) is 48.5 Å². The highest BCUT2D eigenvalue weighted by molar-refractivity contribution is 5.69. The number of rotatable bonds is 4. The summed E-state index contributed by atoms with van der Waals surface area (Å²) >= 11 is 0. The van der Waals surface area contributed by atoms with E-state index in [1.807, 2.05) is 41.5 Å². The molecule has 4 nitrogen and oxygen atoms in total. The van der Waals surface area contributed by atoms with Crippen molar-refractivity contribution in [1.82, 2.24) is 10.2 Å². The van der Waals surface area contributed by atoms with Crippen molar-refractivity contribution in [2.45, 2.75) is 59.6 Å². The van der Waals surface area contributed by atoms with Gasteiger partial charge >= 0.3 is 6.09 Å². The van der Waals surface area contributed by atoms with Crippen LogP contribution in [0.4, 0.5) is 4.79 Å². The summed E-state index contributed by atoms with van der Waals surface area (Å²) in [6.07, 6.45) is -0.247. The van der Waals surface area contributed by atoms with Gasteiger partial charge in [-0.05, 0) is 48.1 Å². The number of carbonyl (C=O) groups excluding carboxylic acids is 1. The molecule has 0 bridgehead atoms. The first-order chi connectivity index (χ1) is 7.58. The Kier molecular flexibility index (Phi) is 5.96. The van der Waals surface area contributed by atoms with Gasteiger partial charge < -0.3 is 15.0 Å². The van der Waals surface area contributed by atoms with E-state index < -0.39 is 5.60 Å². The molecule has 1 N–H and O–H groups in total. The van der Waals surface area contributed by atoms with Crippen LogP contribution in [0.3, 0.4) is 0 Å². The van der Waals surface area contributed by atoms with E-state index in [1.54, 1.807) is 4.90 Å². The van der Waals surface area contributed by atoms with E-state index in [0.717, 1.165) is 13.1 Å². The van der Waals surface area contributed by atoms with Crippen molar-refractivity contribution < 1.29 is 9.53 Å². The molecular formula is C13H28N2O2. The van der Waals surface area contributed by atoms with Crippen LogP contribution >= 0.6 is 0 Å². The number of hydrogen-bond acceptors (Lipinski definition) is 3. The predicted octanol–water partition coefficient (Wildman–Crippen LogP) is 2.63. The third-order valence-corrected chi connectivity index (χ3v) is 2.19. The lowest BCUT2D eigenvalue weighted by Gasteiger charge is -2.36. The number of likely N-dealkylation sites (N-methyl/N-ethyl adjacent to an activating group) is 1. The summed E-state index contributed by atoms with van der Waals surface area (Å²) in [5.41, 5.74) is -0.670. The maximum atomic E-state index is 12.1. The van der Waals surface area contributed by atoms with E-state index in [9.17, 15) is 4.79 Å². The first-order valence-corrected chi connectivity index (χ1v) is 6.29. The van der Waals surface area contributed by atoms with Gasteiger partial charge in [0, 0.05) is 18.6 Å². The van der Waals surface area contributed by atoms with Crippen molar-refractivity contribution in [3.05, 3.63) is 0 Å². The lowest BCUT2D eigenvalue weighted by Crippen LogP contribution is -2.50. The standard InChI is InChI=1S/C13H28N2O2/c1-8-14-9-10-15(12(2,3)4)11(16)17-13(5,6)7/h14H,8-10H2,1-7H3. The van der Waals surface area contributed by atoms with Crippen LogP contribution in [0.5, 0.6) is 0 Å². The molecule has 0 aliphatic carbocycles. The largest absolute Gasteiger partial charge is 0.444 e. The summed E-state index contributed by atoms with van der Waals surface area (Å²) in [6.45, 7) is 16.1. The van der Waals surface area contributed by atoms with Gasteiger partial charge in [-0.25, -0.2) is 4.79 Å². The maximum Gasteiger partial charge on any atom is 0.410 e. The Morgan fingerprint density at radius 3 is 2.06 bits per heavy atom. The molecule has 0 saturated carbocycles. The molecule has 17 heavy (non-hydrogen) atoms. The van der Waals surface area contributed by atoms with E-state index >= 15 is 0 Å². The third-order valence-electron chi connectivity index (χ3n) is 2.19. The minimum Gasteiger partial charge on any atom is -0.444 e. The second-order valence-electron chi connectivity index (χ2n) is 6.16. The minimum absolute atomic E-state index is 0.224. The van der Waals surface area contributed by atoms with Crippen molar-refractivity contribution in [2.24, 2.45) is 0 Å². The molecule has 0 atom stereocenters. The Bertz CT molecular complexity index is 239. The summed E-state index contributed by atoms with van der Waals surface area (Å²) in [7, 11) is 0. The van der Waals surface area contributed by atoms with Gasteiger partial charge in [0.05, 0.1) is 0 Å². The molecule has 0 rings (SSSR count). The van der Waals surface area contributed by atoms with Crippen molar-refractivity contribution in [1.29, 1.82) is 0 Å². The van der Waals surface area contributed by atoms with Gasteiger partial charge in [0.15, 0.2) is 0 Å². The average molecular weight is 244 g/mol. The minimum atomic E-state index is -0.446. The van der Waals surface area contributed by atoms with Crippen molar-refractivity contribution in [2.75, 3.05) is 19.6 Å². The van der Waals surface area contributed by atoms with E-state index in [4.69, 9.17) is 4.74 Å². The van der Waals surface area contributed by atoms with E-state index in [2.05, 4.69) is 12.2 Å². The number of carbonyl (C=O) groups is 1. The number of nitrogens with one attached hydrogen (secondary N) is 1. The molecule has 4 heteroatoms. The van der Waals surface area contributed by atoms with E-state index in [1.165, 1.54) is 0 Å². The smallest absolute Gasteiger partial charge is 0.410 e. The Labute approximate surface area is 106 Å². The molecule has 0 aromatic rings. The van der Waals surface area contributed by atoms with Gasteiger partial charge in [-0.3, -0.25) is 0 Å². The van der Waals surface area contributed by atoms with Crippen LogP contribution in [0.15, 0.2) is 0 Å². The highest BCUT2D eigenvalue weighted by atomic mass is 16.6. The lowest BCUT2D eigenvalue weighted by atomic mass is 10.1. The molecule has 0 aromatic carbocycles. The molecule has 0 spiro atoms. The van der Waals surface area contributed by atoms with Crippen molar-refractivity contribution in [3.8, 4) is 0 Å². The molecule has 0 fully saturated rings. The molecule has 0 saturated heterocycles. The van der Waals surface area contributed by atoms with Crippen LogP contribution in [-0.4, -0.2) is 41.8 Å². The van der Waals surface area contributed by atoms with Crippen LogP contribution in [0, 0.1) is 0 Å². The molecule has 0 heterocycles. The fourth-order valence-electron chi connectivity index (χ4n) is 1.39. The van der Waals surface area contributed by atoms with Gasteiger partial charge in [0.2, 0.25) is 0 Å². The fourth-order valence-corrected chi connectivity index (χ4v) is 1.39. The van der Waals surface area contributed by atoms with Crippen molar-refractivity contribution >= 4 is 6.09 Å². The first-order valence-electron chi connectivity index (χ1n) is 6.29. The van der Waals surface area contributed by atoms with Crippen LogP contribution < -0.4 is 5.32 Å². The molecular weight excluding hydrogens is 216 g/mol. The quantitative estimate of drug-likeness (QED) is 0.773. The number of nitrogens with zero attached hydrogens (tertiary/aromatic N) is 1. The molecule has 0 aliphatic rings. The van der Waals surface area contributed by atoms with Gasteiger partial charge in [0.25, 0.3) is 0 Å². The van der Waals surface area contributed by atoms with Gasteiger partial charge in [-0.15, -0.1) is 0 Å². The third kappa shape index (κ3) is 7.21. The number of hydrogen-bond donors (Lipinski definition) is 1. The SMILES string of the molecule is CCNCCN(C(=O)OC(C)(C)C)C(C)(C)C. The van der Waals surface area contributed by atoms with Crippen LogP contribution in [0.25, 0.3) is 0 Å². The zero-order valence-electron chi connectivity index (χ0n) is 12.4. The number of amides is 1. The average Bonchev–Trinajstić information content (AvgIpc) is 2.06. The summed E-state index contributed by atoms with van der Waals surface area (Å²) < 4.78 is 5.42. The van der Waals surface area contributed by atoms with Gasteiger partial charge in [0.1, 0.15) is 5.60 Å². The van der Waals surface area contributed by atoms with Crippen LogP contribution in [0.2, 0.25) is 0 Å².